The Morgan fingerprint density at radius 2 is 1.75 bits per heavy atom. The zero-order chi connectivity index (χ0) is 22.3. The quantitative estimate of drug-likeness (QED) is 0.508. The monoisotopic (exact) mass is 434 g/mol. The summed E-state index contributed by atoms with van der Waals surface area (Å²) in [6.45, 7) is 6.03. The molecule has 4 rings (SSSR count). The van der Waals surface area contributed by atoms with Gasteiger partial charge in [0.1, 0.15) is 6.04 Å². The number of carbonyl (C=O) groups is 2. The first-order chi connectivity index (χ1) is 15.6. The molecule has 1 aromatic heterocycles. The number of rotatable bonds is 8. The first kappa shape index (κ1) is 22.0. The van der Waals surface area contributed by atoms with E-state index in [0.29, 0.717) is 13.0 Å². The maximum atomic E-state index is 13.1. The Balaban J connectivity index is 1.43. The van der Waals surface area contributed by atoms with Gasteiger partial charge in [0.2, 0.25) is 11.8 Å². The van der Waals surface area contributed by atoms with Crippen molar-refractivity contribution in [2.75, 3.05) is 26.3 Å². The van der Waals surface area contributed by atoms with E-state index in [2.05, 4.69) is 26.6 Å². The summed E-state index contributed by atoms with van der Waals surface area (Å²) in [6, 6.07) is 15.5. The van der Waals surface area contributed by atoms with Crippen molar-refractivity contribution in [2.24, 2.45) is 0 Å². The second-order valence-electron chi connectivity index (χ2n) is 8.19. The minimum Gasteiger partial charge on any atom is -0.379 e. The van der Waals surface area contributed by atoms with Crippen molar-refractivity contribution in [3.05, 3.63) is 71.4 Å². The van der Waals surface area contributed by atoms with Gasteiger partial charge in [0, 0.05) is 56.6 Å². The van der Waals surface area contributed by atoms with Gasteiger partial charge in [-0.1, -0.05) is 42.5 Å². The lowest BCUT2D eigenvalue weighted by atomic mass is 10.0. The fourth-order valence-electron chi connectivity index (χ4n) is 4.16. The summed E-state index contributed by atoms with van der Waals surface area (Å²) >= 11 is 0. The van der Waals surface area contributed by atoms with E-state index in [9.17, 15) is 9.59 Å². The normalized spacial score (nSPS) is 15.4. The third-order valence-corrected chi connectivity index (χ3v) is 5.86. The number of hydrogen-bond donors (Lipinski definition) is 3. The van der Waals surface area contributed by atoms with Crippen LogP contribution in [0.1, 0.15) is 23.6 Å². The fourth-order valence-corrected chi connectivity index (χ4v) is 4.16. The number of hydrogen-bond acceptors (Lipinski definition) is 4. The number of amides is 2. The summed E-state index contributed by atoms with van der Waals surface area (Å²) in [6.07, 6.45) is 2.33. The van der Waals surface area contributed by atoms with Gasteiger partial charge in [0.05, 0.1) is 13.2 Å². The SMILES string of the molecule is CC(=O)N[C@@H](Cc1c[nH]c2ccccc12)C(=O)NCc1ccccc1CN1CCOCC1. The maximum absolute atomic E-state index is 13.1. The largest absolute Gasteiger partial charge is 0.379 e. The van der Waals surface area contributed by atoms with Gasteiger partial charge >= 0.3 is 0 Å². The van der Waals surface area contributed by atoms with E-state index < -0.39 is 6.04 Å². The molecule has 0 unspecified atom stereocenters. The zero-order valence-electron chi connectivity index (χ0n) is 18.4. The molecule has 1 atom stereocenters. The predicted octanol–water partition coefficient (Wildman–Crippen LogP) is 2.36. The molecule has 2 aromatic carbocycles. The van der Waals surface area contributed by atoms with Crippen LogP contribution < -0.4 is 10.6 Å². The molecule has 1 saturated heterocycles. The molecule has 1 aliphatic rings. The number of aromatic amines is 1. The van der Waals surface area contributed by atoms with E-state index in [1.54, 1.807) is 0 Å². The lowest BCUT2D eigenvalue weighted by Gasteiger charge is -2.27. The summed E-state index contributed by atoms with van der Waals surface area (Å²) in [5.74, 6) is -0.413. The van der Waals surface area contributed by atoms with E-state index in [1.165, 1.54) is 12.5 Å². The molecule has 3 aromatic rings. The van der Waals surface area contributed by atoms with Gasteiger partial charge in [-0.2, -0.15) is 0 Å². The van der Waals surface area contributed by atoms with Gasteiger partial charge in [0.15, 0.2) is 0 Å². The molecular weight excluding hydrogens is 404 g/mol. The fraction of sp³-hybridized carbons (Fsp3) is 0.360. The predicted molar refractivity (Wildman–Crippen MR) is 124 cm³/mol. The summed E-state index contributed by atoms with van der Waals surface area (Å²) in [5, 5.41) is 6.91. The Morgan fingerprint density at radius 1 is 1.03 bits per heavy atom. The second-order valence-corrected chi connectivity index (χ2v) is 8.19. The Kier molecular flexibility index (Phi) is 7.19. The van der Waals surface area contributed by atoms with Gasteiger partial charge in [0.25, 0.3) is 0 Å². The Labute approximate surface area is 188 Å². The van der Waals surface area contributed by atoms with E-state index in [0.717, 1.165) is 54.9 Å². The Bertz CT molecular complexity index is 1070. The number of aromatic nitrogens is 1. The number of ether oxygens (including phenoxy) is 1. The van der Waals surface area contributed by atoms with Crippen LogP contribution in [-0.2, 0) is 33.8 Å². The molecule has 0 radical (unpaired) electrons. The number of fused-ring (bicyclic) bond motifs is 1. The number of benzene rings is 2. The average Bonchev–Trinajstić information content (AvgIpc) is 3.21. The highest BCUT2D eigenvalue weighted by atomic mass is 16.5. The molecule has 2 heterocycles. The molecule has 3 N–H and O–H groups in total. The molecule has 7 nitrogen and oxygen atoms in total. The molecule has 0 bridgehead atoms. The molecule has 168 valence electrons. The number of carbonyl (C=O) groups excluding carboxylic acids is 2. The number of H-pyrrole nitrogens is 1. The van der Waals surface area contributed by atoms with Gasteiger partial charge in [-0.25, -0.2) is 0 Å². The first-order valence-electron chi connectivity index (χ1n) is 11.1. The molecule has 0 aliphatic carbocycles. The van der Waals surface area contributed by atoms with Crippen molar-refractivity contribution >= 4 is 22.7 Å². The molecule has 0 saturated carbocycles. The highest BCUT2D eigenvalue weighted by Crippen LogP contribution is 2.19. The van der Waals surface area contributed by atoms with Crippen LogP contribution in [0.4, 0.5) is 0 Å². The molecule has 32 heavy (non-hydrogen) atoms. The van der Waals surface area contributed by atoms with Crippen molar-refractivity contribution in [1.29, 1.82) is 0 Å². The van der Waals surface area contributed by atoms with Crippen LogP contribution in [0.25, 0.3) is 10.9 Å². The number of morpholine rings is 1. The Hall–Kier alpha value is -3.16. The van der Waals surface area contributed by atoms with Crippen molar-refractivity contribution in [3.8, 4) is 0 Å². The maximum Gasteiger partial charge on any atom is 0.243 e. The average molecular weight is 435 g/mol. The van der Waals surface area contributed by atoms with Crippen molar-refractivity contribution in [3.63, 3.8) is 0 Å². The van der Waals surface area contributed by atoms with Gasteiger partial charge < -0.3 is 20.4 Å². The van der Waals surface area contributed by atoms with E-state index in [-0.39, 0.29) is 11.8 Å². The van der Waals surface area contributed by atoms with Crippen LogP contribution in [0, 0.1) is 0 Å². The minimum absolute atomic E-state index is 0.188. The topological polar surface area (TPSA) is 86.5 Å². The smallest absolute Gasteiger partial charge is 0.243 e. The summed E-state index contributed by atoms with van der Waals surface area (Å²) in [4.78, 5) is 30.4. The van der Waals surface area contributed by atoms with Gasteiger partial charge in [-0.15, -0.1) is 0 Å². The molecule has 0 spiro atoms. The Morgan fingerprint density at radius 3 is 2.53 bits per heavy atom. The summed E-state index contributed by atoms with van der Waals surface area (Å²) in [5.41, 5.74) is 4.30. The minimum atomic E-state index is -0.641. The van der Waals surface area contributed by atoms with E-state index in [4.69, 9.17) is 4.74 Å². The van der Waals surface area contributed by atoms with Crippen LogP contribution in [0.2, 0.25) is 0 Å². The second kappa shape index (κ2) is 10.4. The lowest BCUT2D eigenvalue weighted by Crippen LogP contribution is -2.47. The number of nitrogens with one attached hydrogen (secondary N) is 3. The van der Waals surface area contributed by atoms with Crippen LogP contribution in [0.15, 0.2) is 54.7 Å². The first-order valence-corrected chi connectivity index (χ1v) is 11.1. The van der Waals surface area contributed by atoms with Gasteiger partial charge in [-0.3, -0.25) is 14.5 Å². The molecule has 1 aliphatic heterocycles. The van der Waals surface area contributed by atoms with Crippen molar-refractivity contribution in [1.82, 2.24) is 20.5 Å². The highest BCUT2D eigenvalue weighted by molar-refractivity contribution is 5.89. The van der Waals surface area contributed by atoms with Crippen LogP contribution >= 0.6 is 0 Å². The van der Waals surface area contributed by atoms with Crippen LogP contribution in [0.5, 0.6) is 0 Å². The molecular formula is C25H30N4O3. The third-order valence-electron chi connectivity index (χ3n) is 5.86. The molecule has 1 fully saturated rings. The van der Waals surface area contributed by atoms with Crippen molar-refractivity contribution in [2.45, 2.75) is 32.5 Å². The lowest BCUT2D eigenvalue weighted by molar-refractivity contribution is -0.128. The summed E-state index contributed by atoms with van der Waals surface area (Å²) in [7, 11) is 0. The van der Waals surface area contributed by atoms with Gasteiger partial charge in [-0.05, 0) is 22.8 Å². The molecule has 2 amide bonds. The molecule has 7 heteroatoms. The van der Waals surface area contributed by atoms with Crippen LogP contribution in [-0.4, -0.2) is 54.0 Å². The number of nitrogens with zero attached hydrogens (tertiary/aromatic N) is 1. The van der Waals surface area contributed by atoms with Crippen molar-refractivity contribution < 1.29 is 14.3 Å². The van der Waals surface area contributed by atoms with Crippen LogP contribution in [0.3, 0.4) is 0 Å². The van der Waals surface area contributed by atoms with E-state index >= 15 is 0 Å². The highest BCUT2D eigenvalue weighted by Gasteiger charge is 2.22. The standard InChI is InChI=1S/C25H30N4O3/c1-18(30)28-24(14-21-16-26-23-9-5-4-8-22(21)23)25(31)27-15-19-6-2-3-7-20(19)17-29-10-12-32-13-11-29/h2-9,16,24,26H,10-15,17H2,1H3,(H,27,31)(H,28,30)/t24-/m0/s1. The third kappa shape index (κ3) is 5.55. The number of para-hydroxylation sites is 1. The zero-order valence-corrected chi connectivity index (χ0v) is 18.4. The summed E-state index contributed by atoms with van der Waals surface area (Å²) < 4.78 is 5.44. The van der Waals surface area contributed by atoms with E-state index in [1.807, 2.05) is 48.7 Å².